The number of hydrogen-bond acceptors (Lipinski definition) is 6. The molecular weight excluding hydrogens is 350 g/mol. The summed E-state index contributed by atoms with van der Waals surface area (Å²) in [6.45, 7) is 0. The molecule has 8 nitrogen and oxygen atoms in total. The number of nitrogens with zero attached hydrogens (tertiary/aromatic N) is 1. The average molecular weight is 360 g/mol. The van der Waals surface area contributed by atoms with E-state index in [1.165, 1.54) is 19.2 Å². The molecule has 0 aliphatic rings. The zero-order chi connectivity index (χ0) is 18.1. The minimum Gasteiger partial charge on any atom is -0.504 e. The Balaban J connectivity index is 2.44. The number of nitro groups is 1. The Morgan fingerprint density at radius 2 is 1.92 bits per heavy atom. The molecule has 0 bridgehead atoms. The van der Waals surface area contributed by atoms with Crippen LogP contribution in [0.25, 0.3) is 0 Å². The number of nitro benzene ring substituents is 1. The number of halogens is 2. The summed E-state index contributed by atoms with van der Waals surface area (Å²) in [5.74, 6) is -3.72. The minimum atomic E-state index is -4.46. The van der Waals surface area contributed by atoms with Crippen molar-refractivity contribution in [3.05, 3.63) is 52.1 Å². The second-order valence-corrected chi connectivity index (χ2v) is 6.17. The molecule has 0 radical (unpaired) electrons. The van der Waals surface area contributed by atoms with Gasteiger partial charge in [-0.3, -0.25) is 14.8 Å². The van der Waals surface area contributed by atoms with Gasteiger partial charge in [-0.1, -0.05) is 0 Å². The molecule has 0 heterocycles. The SMILES string of the molecule is COc1ccc(NS(=O)(=O)c2cc(F)c(F)c([N+](=O)[O-])c2)cc1O. The molecule has 0 amide bonds. The molecule has 0 fully saturated rings. The number of benzene rings is 2. The van der Waals surface area contributed by atoms with E-state index in [0.29, 0.717) is 12.1 Å². The standard InChI is InChI=1S/C13H10F2N2O6S/c1-23-12-3-2-7(4-11(12)18)16-24(21,22)8-5-9(14)13(15)10(6-8)17(19)20/h2-6,16,18H,1H3. The lowest BCUT2D eigenvalue weighted by Gasteiger charge is -2.10. The molecule has 0 spiro atoms. The number of ether oxygens (including phenoxy) is 1. The molecule has 0 aliphatic heterocycles. The van der Waals surface area contributed by atoms with E-state index in [9.17, 15) is 32.4 Å². The average Bonchev–Trinajstić information content (AvgIpc) is 2.49. The van der Waals surface area contributed by atoms with Crippen LogP contribution >= 0.6 is 0 Å². The Hall–Kier alpha value is -2.95. The first kappa shape index (κ1) is 17.4. The second-order valence-electron chi connectivity index (χ2n) is 4.49. The molecule has 2 rings (SSSR count). The third kappa shape index (κ3) is 3.35. The van der Waals surface area contributed by atoms with Crippen molar-refractivity contribution in [3.8, 4) is 11.5 Å². The Morgan fingerprint density at radius 1 is 1.25 bits per heavy atom. The number of phenols is 1. The molecular formula is C13H10F2N2O6S. The lowest BCUT2D eigenvalue weighted by atomic mass is 10.3. The van der Waals surface area contributed by atoms with Gasteiger partial charge in [0.15, 0.2) is 17.3 Å². The molecule has 2 N–H and O–H groups in total. The number of phenolic OH excluding ortho intramolecular Hbond substituents is 1. The van der Waals surface area contributed by atoms with Crippen molar-refractivity contribution in [1.29, 1.82) is 0 Å². The van der Waals surface area contributed by atoms with E-state index in [-0.39, 0.29) is 17.2 Å². The van der Waals surface area contributed by atoms with Crippen molar-refractivity contribution in [2.45, 2.75) is 4.90 Å². The van der Waals surface area contributed by atoms with Gasteiger partial charge in [0.25, 0.3) is 10.0 Å². The highest BCUT2D eigenvalue weighted by molar-refractivity contribution is 7.92. The summed E-state index contributed by atoms with van der Waals surface area (Å²) in [6, 6.07) is 4.23. The summed E-state index contributed by atoms with van der Waals surface area (Å²) in [4.78, 5) is 8.58. The van der Waals surface area contributed by atoms with Crippen LogP contribution in [0.3, 0.4) is 0 Å². The minimum absolute atomic E-state index is 0.0846. The monoisotopic (exact) mass is 360 g/mol. The summed E-state index contributed by atoms with van der Waals surface area (Å²) in [7, 11) is -3.17. The van der Waals surface area contributed by atoms with Gasteiger partial charge in [0, 0.05) is 12.1 Å². The molecule has 24 heavy (non-hydrogen) atoms. The van der Waals surface area contributed by atoms with Crippen LogP contribution in [0, 0.1) is 21.7 Å². The first-order valence-corrected chi connectivity index (χ1v) is 7.67. The van der Waals surface area contributed by atoms with Gasteiger partial charge < -0.3 is 9.84 Å². The number of methoxy groups -OCH3 is 1. The zero-order valence-corrected chi connectivity index (χ0v) is 12.8. The Bertz CT molecular complexity index is 917. The normalized spacial score (nSPS) is 11.1. The highest BCUT2D eigenvalue weighted by atomic mass is 32.2. The lowest BCUT2D eigenvalue weighted by Crippen LogP contribution is -2.14. The van der Waals surface area contributed by atoms with Gasteiger partial charge in [-0.15, -0.1) is 0 Å². The fraction of sp³-hybridized carbons (Fsp3) is 0.0769. The summed E-state index contributed by atoms with van der Waals surface area (Å²) in [5.41, 5.74) is -1.42. The largest absolute Gasteiger partial charge is 0.504 e. The van der Waals surface area contributed by atoms with Crippen LogP contribution in [0.2, 0.25) is 0 Å². The van der Waals surface area contributed by atoms with E-state index < -0.39 is 37.2 Å². The number of aromatic hydroxyl groups is 1. The van der Waals surface area contributed by atoms with Crippen molar-refractivity contribution in [1.82, 2.24) is 0 Å². The van der Waals surface area contributed by atoms with Gasteiger partial charge >= 0.3 is 5.69 Å². The fourth-order valence-corrected chi connectivity index (χ4v) is 2.89. The van der Waals surface area contributed by atoms with Crippen molar-refractivity contribution in [3.63, 3.8) is 0 Å². The maximum atomic E-state index is 13.4. The van der Waals surface area contributed by atoms with Gasteiger partial charge in [-0.2, -0.15) is 4.39 Å². The van der Waals surface area contributed by atoms with Crippen molar-refractivity contribution in [2.24, 2.45) is 0 Å². The first-order chi connectivity index (χ1) is 11.2. The van der Waals surface area contributed by atoms with Gasteiger partial charge in [0.2, 0.25) is 5.82 Å². The van der Waals surface area contributed by atoms with E-state index >= 15 is 0 Å². The van der Waals surface area contributed by atoms with Crippen molar-refractivity contribution in [2.75, 3.05) is 11.8 Å². The second kappa shape index (κ2) is 6.28. The van der Waals surface area contributed by atoms with Crippen LogP contribution in [-0.2, 0) is 10.0 Å². The smallest absolute Gasteiger partial charge is 0.309 e. The molecule has 0 atom stereocenters. The van der Waals surface area contributed by atoms with Gasteiger partial charge in [-0.25, -0.2) is 12.8 Å². The van der Waals surface area contributed by atoms with Gasteiger partial charge in [0.05, 0.1) is 22.6 Å². The van der Waals surface area contributed by atoms with Crippen LogP contribution in [0.1, 0.15) is 0 Å². The quantitative estimate of drug-likeness (QED) is 0.624. The van der Waals surface area contributed by atoms with Crippen LogP contribution in [0.15, 0.2) is 35.2 Å². The predicted molar refractivity (Wildman–Crippen MR) is 78.5 cm³/mol. The fourth-order valence-electron chi connectivity index (χ4n) is 1.81. The van der Waals surface area contributed by atoms with Gasteiger partial charge in [-0.05, 0) is 18.2 Å². The van der Waals surface area contributed by atoms with E-state index in [4.69, 9.17) is 4.74 Å². The molecule has 0 saturated heterocycles. The molecule has 0 aliphatic carbocycles. The van der Waals surface area contributed by atoms with E-state index in [1.807, 2.05) is 4.72 Å². The molecule has 2 aromatic carbocycles. The molecule has 11 heteroatoms. The van der Waals surface area contributed by atoms with Crippen molar-refractivity contribution < 1.29 is 32.0 Å². The highest BCUT2D eigenvalue weighted by Crippen LogP contribution is 2.30. The molecule has 2 aromatic rings. The maximum absolute atomic E-state index is 13.4. The van der Waals surface area contributed by atoms with Crippen LogP contribution in [0.4, 0.5) is 20.2 Å². The highest BCUT2D eigenvalue weighted by Gasteiger charge is 2.26. The van der Waals surface area contributed by atoms with E-state index in [2.05, 4.69) is 0 Å². The third-order valence-corrected chi connectivity index (χ3v) is 4.28. The van der Waals surface area contributed by atoms with E-state index in [1.54, 1.807) is 0 Å². The molecule has 0 unspecified atom stereocenters. The summed E-state index contributed by atoms with van der Waals surface area (Å²) >= 11 is 0. The van der Waals surface area contributed by atoms with Crippen LogP contribution < -0.4 is 9.46 Å². The first-order valence-electron chi connectivity index (χ1n) is 6.19. The summed E-state index contributed by atoms with van der Waals surface area (Å²) in [6.07, 6.45) is 0. The number of nitrogens with one attached hydrogen (secondary N) is 1. The third-order valence-electron chi connectivity index (χ3n) is 2.92. The van der Waals surface area contributed by atoms with E-state index in [0.717, 1.165) is 6.07 Å². The number of rotatable bonds is 5. The van der Waals surface area contributed by atoms with Crippen LogP contribution in [0.5, 0.6) is 11.5 Å². The van der Waals surface area contributed by atoms with Crippen LogP contribution in [-0.4, -0.2) is 25.6 Å². The Morgan fingerprint density at radius 3 is 2.46 bits per heavy atom. The topological polar surface area (TPSA) is 119 Å². The summed E-state index contributed by atoms with van der Waals surface area (Å²) in [5, 5.41) is 20.3. The molecule has 0 saturated carbocycles. The maximum Gasteiger partial charge on any atom is 0.309 e. The number of sulfonamides is 1. The summed E-state index contributed by atoms with van der Waals surface area (Å²) < 4.78 is 57.8. The number of hydrogen-bond donors (Lipinski definition) is 2. The molecule has 128 valence electrons. The lowest BCUT2D eigenvalue weighted by molar-refractivity contribution is -0.388. The van der Waals surface area contributed by atoms with Crippen molar-refractivity contribution >= 4 is 21.4 Å². The Labute approximate surface area is 134 Å². The Kier molecular flexibility index (Phi) is 4.55. The number of anilines is 1. The zero-order valence-electron chi connectivity index (χ0n) is 12.0. The van der Waals surface area contributed by atoms with Gasteiger partial charge in [0.1, 0.15) is 0 Å². The predicted octanol–water partition coefficient (Wildman–Crippen LogP) is 2.39. The molecule has 0 aromatic heterocycles.